The predicted octanol–water partition coefficient (Wildman–Crippen LogP) is 3.92. The van der Waals surface area contributed by atoms with Crippen LogP contribution in [-0.2, 0) is 0 Å². The molecule has 0 unspecified atom stereocenters. The van der Waals surface area contributed by atoms with Gasteiger partial charge in [-0.1, -0.05) is 23.7 Å². The lowest BCUT2D eigenvalue weighted by Gasteiger charge is -2.24. The molecule has 0 aliphatic heterocycles. The topological polar surface area (TPSA) is 53.1 Å². The fourth-order valence-corrected chi connectivity index (χ4v) is 2.33. The first-order chi connectivity index (χ1) is 9.54. The van der Waals surface area contributed by atoms with Crippen LogP contribution in [0.4, 0.5) is 15.8 Å². The minimum atomic E-state index is -0.291. The summed E-state index contributed by atoms with van der Waals surface area (Å²) in [6.45, 7) is 2.52. The first-order valence-corrected chi connectivity index (χ1v) is 6.58. The van der Waals surface area contributed by atoms with Gasteiger partial charge in [0.15, 0.2) is 0 Å². The highest BCUT2D eigenvalue weighted by Gasteiger charge is 2.13. The van der Waals surface area contributed by atoms with Gasteiger partial charge in [0.25, 0.3) is 0 Å². The Morgan fingerprint density at radius 3 is 2.55 bits per heavy atom. The molecular formula is C15H15ClFN3. The molecule has 0 spiro atoms. The molecule has 2 aromatic rings. The van der Waals surface area contributed by atoms with Gasteiger partial charge in [-0.15, -0.1) is 0 Å². The first-order valence-electron chi connectivity index (χ1n) is 6.20. The number of halogens is 2. The molecule has 0 atom stereocenters. The fraction of sp³-hybridized carbons (Fsp3) is 0.133. The number of nitrogen functional groups attached to an aromatic ring is 1. The summed E-state index contributed by atoms with van der Waals surface area (Å²) in [4.78, 5) is 1.81. The average Bonchev–Trinajstić information content (AvgIpc) is 2.41. The highest BCUT2D eigenvalue weighted by Crippen LogP contribution is 2.30. The van der Waals surface area contributed by atoms with Gasteiger partial charge in [-0.3, -0.25) is 5.41 Å². The smallest absolute Gasteiger partial charge is 0.146 e. The molecule has 2 rings (SSSR count). The van der Waals surface area contributed by atoms with E-state index in [0.29, 0.717) is 22.8 Å². The molecule has 0 aliphatic carbocycles. The lowest BCUT2D eigenvalue weighted by molar-refractivity contribution is 0.625. The van der Waals surface area contributed by atoms with E-state index in [1.807, 2.05) is 11.8 Å². The van der Waals surface area contributed by atoms with Gasteiger partial charge in [0, 0.05) is 17.8 Å². The van der Waals surface area contributed by atoms with Crippen molar-refractivity contribution in [1.29, 1.82) is 5.41 Å². The molecule has 20 heavy (non-hydrogen) atoms. The van der Waals surface area contributed by atoms with Crippen LogP contribution in [0.2, 0.25) is 5.02 Å². The van der Waals surface area contributed by atoms with E-state index in [9.17, 15) is 4.39 Å². The van der Waals surface area contributed by atoms with Crippen LogP contribution in [0.5, 0.6) is 0 Å². The lowest BCUT2D eigenvalue weighted by Crippen LogP contribution is -2.18. The fourth-order valence-electron chi connectivity index (χ4n) is 2.05. The van der Waals surface area contributed by atoms with Crippen LogP contribution in [0.1, 0.15) is 12.5 Å². The van der Waals surface area contributed by atoms with Gasteiger partial charge in [0.1, 0.15) is 11.7 Å². The predicted molar refractivity (Wildman–Crippen MR) is 81.5 cm³/mol. The van der Waals surface area contributed by atoms with Crippen LogP contribution < -0.4 is 10.6 Å². The minimum Gasteiger partial charge on any atom is -0.384 e. The third-order valence-electron chi connectivity index (χ3n) is 3.01. The SMILES string of the molecule is CCN(c1ccc(C(=N)N)c(Cl)c1)c1ccccc1F. The number of anilines is 2. The molecule has 3 nitrogen and oxygen atoms in total. The largest absolute Gasteiger partial charge is 0.384 e. The summed E-state index contributed by atoms with van der Waals surface area (Å²) in [5.74, 6) is -0.378. The number of hydrogen-bond acceptors (Lipinski definition) is 2. The maximum Gasteiger partial charge on any atom is 0.146 e. The molecule has 104 valence electrons. The summed E-state index contributed by atoms with van der Waals surface area (Å²) in [7, 11) is 0. The normalized spacial score (nSPS) is 10.3. The molecule has 0 aliphatic rings. The molecule has 0 radical (unpaired) electrons. The summed E-state index contributed by atoms with van der Waals surface area (Å²) in [5, 5.41) is 7.80. The van der Waals surface area contributed by atoms with E-state index in [1.165, 1.54) is 6.07 Å². The van der Waals surface area contributed by atoms with Crippen LogP contribution in [0.25, 0.3) is 0 Å². The van der Waals surface area contributed by atoms with E-state index in [0.717, 1.165) is 5.69 Å². The van der Waals surface area contributed by atoms with Gasteiger partial charge in [-0.05, 0) is 37.3 Å². The van der Waals surface area contributed by atoms with Crippen molar-refractivity contribution < 1.29 is 4.39 Å². The number of benzene rings is 2. The molecular weight excluding hydrogens is 277 g/mol. The van der Waals surface area contributed by atoms with E-state index in [1.54, 1.807) is 36.4 Å². The van der Waals surface area contributed by atoms with Gasteiger partial charge in [0.2, 0.25) is 0 Å². The van der Waals surface area contributed by atoms with Crippen molar-refractivity contribution in [2.45, 2.75) is 6.92 Å². The highest BCUT2D eigenvalue weighted by molar-refractivity contribution is 6.34. The molecule has 0 heterocycles. The number of nitrogens with zero attached hydrogens (tertiary/aromatic N) is 1. The van der Waals surface area contributed by atoms with E-state index < -0.39 is 0 Å². The zero-order valence-electron chi connectivity index (χ0n) is 11.0. The Balaban J connectivity index is 2.46. The van der Waals surface area contributed by atoms with E-state index in [4.69, 9.17) is 22.7 Å². The lowest BCUT2D eigenvalue weighted by atomic mass is 10.1. The number of nitrogens with two attached hydrogens (primary N) is 1. The van der Waals surface area contributed by atoms with Crippen molar-refractivity contribution in [3.63, 3.8) is 0 Å². The van der Waals surface area contributed by atoms with Crippen LogP contribution in [0, 0.1) is 11.2 Å². The number of nitrogens with one attached hydrogen (secondary N) is 1. The quantitative estimate of drug-likeness (QED) is 0.662. The Kier molecular flexibility index (Phi) is 4.25. The standard InChI is InChI=1S/C15H15ClFN3/c1-2-20(14-6-4-3-5-13(14)17)10-7-8-11(15(18)19)12(16)9-10/h3-9H,2H2,1H3,(H3,18,19). The summed E-state index contributed by atoms with van der Waals surface area (Å²) < 4.78 is 13.9. The third kappa shape index (κ3) is 2.75. The molecule has 3 N–H and O–H groups in total. The molecule has 0 saturated heterocycles. The number of rotatable bonds is 4. The van der Waals surface area contributed by atoms with E-state index in [-0.39, 0.29) is 11.7 Å². The Morgan fingerprint density at radius 2 is 2.00 bits per heavy atom. The second-order valence-corrected chi connectivity index (χ2v) is 4.68. The van der Waals surface area contributed by atoms with Crippen molar-refractivity contribution in [2.75, 3.05) is 11.4 Å². The Labute approximate surface area is 122 Å². The summed E-state index contributed by atoms with van der Waals surface area (Å²) >= 11 is 6.11. The van der Waals surface area contributed by atoms with Gasteiger partial charge < -0.3 is 10.6 Å². The van der Waals surface area contributed by atoms with Crippen LogP contribution in [0.15, 0.2) is 42.5 Å². The monoisotopic (exact) mass is 291 g/mol. The number of para-hydroxylation sites is 1. The van der Waals surface area contributed by atoms with Crippen molar-refractivity contribution in [3.8, 4) is 0 Å². The minimum absolute atomic E-state index is 0.0875. The second-order valence-electron chi connectivity index (χ2n) is 4.27. The molecule has 0 saturated carbocycles. The van der Waals surface area contributed by atoms with Crippen LogP contribution in [0.3, 0.4) is 0 Å². The van der Waals surface area contributed by atoms with E-state index >= 15 is 0 Å². The van der Waals surface area contributed by atoms with Crippen molar-refractivity contribution >= 4 is 28.8 Å². The van der Waals surface area contributed by atoms with Gasteiger partial charge in [0.05, 0.1) is 10.7 Å². The molecule has 0 bridgehead atoms. The first kappa shape index (κ1) is 14.3. The average molecular weight is 292 g/mol. The Hall–Kier alpha value is -2.07. The maximum absolute atomic E-state index is 13.9. The zero-order chi connectivity index (χ0) is 14.7. The third-order valence-corrected chi connectivity index (χ3v) is 3.33. The molecule has 0 fully saturated rings. The van der Waals surface area contributed by atoms with Gasteiger partial charge in [-0.25, -0.2) is 4.39 Å². The highest BCUT2D eigenvalue weighted by atomic mass is 35.5. The van der Waals surface area contributed by atoms with Crippen LogP contribution >= 0.6 is 11.6 Å². The zero-order valence-corrected chi connectivity index (χ0v) is 11.8. The Bertz CT molecular complexity index is 643. The van der Waals surface area contributed by atoms with Gasteiger partial charge in [-0.2, -0.15) is 0 Å². The Morgan fingerprint density at radius 1 is 1.30 bits per heavy atom. The van der Waals surface area contributed by atoms with Crippen molar-refractivity contribution in [2.24, 2.45) is 5.73 Å². The molecule has 5 heteroatoms. The summed E-state index contributed by atoms with van der Waals surface area (Å²) in [6, 6.07) is 11.7. The number of amidine groups is 1. The molecule has 2 aromatic carbocycles. The van der Waals surface area contributed by atoms with E-state index in [2.05, 4.69) is 0 Å². The van der Waals surface area contributed by atoms with Gasteiger partial charge >= 0.3 is 0 Å². The number of hydrogen-bond donors (Lipinski definition) is 2. The summed E-state index contributed by atoms with van der Waals surface area (Å²) in [6.07, 6.45) is 0. The summed E-state index contributed by atoms with van der Waals surface area (Å²) in [5.41, 5.74) is 7.15. The van der Waals surface area contributed by atoms with Crippen molar-refractivity contribution in [3.05, 3.63) is 58.9 Å². The molecule has 0 aromatic heterocycles. The second kappa shape index (κ2) is 5.92. The maximum atomic E-state index is 13.9. The van der Waals surface area contributed by atoms with Crippen LogP contribution in [-0.4, -0.2) is 12.4 Å². The van der Waals surface area contributed by atoms with Crippen molar-refractivity contribution in [1.82, 2.24) is 0 Å². The molecule has 0 amide bonds.